The van der Waals surface area contributed by atoms with Gasteiger partial charge >= 0.3 is 0 Å². The lowest BCUT2D eigenvalue weighted by molar-refractivity contribution is 0.386. The molecule has 6 heteroatoms. The molecule has 17 heavy (non-hydrogen) atoms. The third-order valence-corrected chi connectivity index (χ3v) is 3.01. The first-order valence-electron chi connectivity index (χ1n) is 4.73. The van der Waals surface area contributed by atoms with Crippen LogP contribution in [0.5, 0.6) is 5.75 Å². The zero-order valence-corrected chi connectivity index (χ0v) is 11.1. The number of hydrogen-bond donors (Lipinski definition) is 1. The Hall–Kier alpha value is -1.44. The summed E-state index contributed by atoms with van der Waals surface area (Å²) in [5.41, 5.74) is 6.24. The van der Waals surface area contributed by atoms with Gasteiger partial charge in [-0.1, -0.05) is 0 Å². The Kier molecular flexibility index (Phi) is 3.41. The molecule has 2 aromatic rings. The number of nitrogens with two attached hydrogens (primary N) is 1. The summed E-state index contributed by atoms with van der Waals surface area (Å²) < 4.78 is 19.1. The van der Waals surface area contributed by atoms with Crippen LogP contribution in [0.2, 0.25) is 0 Å². The van der Waals surface area contributed by atoms with Gasteiger partial charge in [-0.05, 0) is 40.8 Å². The zero-order valence-electron chi connectivity index (χ0n) is 8.95. The molecule has 0 aliphatic rings. The lowest BCUT2D eigenvalue weighted by Crippen LogP contribution is -1.98. The van der Waals surface area contributed by atoms with E-state index in [-0.39, 0.29) is 5.75 Å². The van der Waals surface area contributed by atoms with Crippen LogP contribution in [0.3, 0.4) is 0 Å². The molecule has 4 nitrogen and oxygen atoms in total. The van der Waals surface area contributed by atoms with E-state index in [0.29, 0.717) is 17.2 Å². The van der Waals surface area contributed by atoms with Crippen LogP contribution < -0.4 is 10.5 Å². The van der Waals surface area contributed by atoms with Gasteiger partial charge in [-0.3, -0.25) is 0 Å². The molecule has 1 aromatic carbocycles. The van der Waals surface area contributed by atoms with Gasteiger partial charge in [-0.2, -0.15) is 0 Å². The average molecular weight is 345 g/mol. The molecule has 2 rings (SSSR count). The van der Waals surface area contributed by atoms with E-state index >= 15 is 0 Å². The fraction of sp³-hybridized carbons (Fsp3) is 0.0909. The molecule has 0 saturated heterocycles. The lowest BCUT2D eigenvalue weighted by Gasteiger charge is -2.05. The molecule has 0 atom stereocenters. The molecule has 0 fully saturated rings. The third-order valence-electron chi connectivity index (χ3n) is 2.18. The summed E-state index contributed by atoms with van der Waals surface area (Å²) in [5.74, 6) is 0.509. The van der Waals surface area contributed by atoms with Gasteiger partial charge in [0.2, 0.25) is 0 Å². The van der Waals surface area contributed by atoms with Gasteiger partial charge in [-0.25, -0.2) is 14.4 Å². The Balaban J connectivity index is 2.46. The Bertz CT molecular complexity index is 562. The van der Waals surface area contributed by atoms with Crippen molar-refractivity contribution in [3.05, 3.63) is 33.8 Å². The van der Waals surface area contributed by atoms with Crippen molar-refractivity contribution in [1.82, 2.24) is 9.97 Å². The number of anilines is 1. The number of ether oxygens (including phenoxy) is 1. The van der Waals surface area contributed by atoms with Gasteiger partial charge in [0.15, 0.2) is 17.4 Å². The SMILES string of the molecule is COc1ccc(-c2ncc(I)c(N)n2)cc1F. The highest BCUT2D eigenvalue weighted by Gasteiger charge is 2.08. The summed E-state index contributed by atoms with van der Waals surface area (Å²) in [4.78, 5) is 8.19. The van der Waals surface area contributed by atoms with Crippen molar-refractivity contribution < 1.29 is 9.13 Å². The summed E-state index contributed by atoms with van der Waals surface area (Å²) in [6.07, 6.45) is 1.60. The molecule has 0 saturated carbocycles. The monoisotopic (exact) mass is 345 g/mol. The number of halogens is 2. The number of rotatable bonds is 2. The van der Waals surface area contributed by atoms with Crippen molar-refractivity contribution >= 4 is 28.4 Å². The highest BCUT2D eigenvalue weighted by Crippen LogP contribution is 2.24. The second kappa shape index (κ2) is 4.82. The predicted molar refractivity (Wildman–Crippen MR) is 71.1 cm³/mol. The van der Waals surface area contributed by atoms with Crippen molar-refractivity contribution in [2.45, 2.75) is 0 Å². The maximum atomic E-state index is 13.5. The number of nitrogen functional groups attached to an aromatic ring is 1. The van der Waals surface area contributed by atoms with Gasteiger partial charge in [0.25, 0.3) is 0 Å². The van der Waals surface area contributed by atoms with Gasteiger partial charge in [0.05, 0.1) is 10.7 Å². The Labute approximate surface area is 111 Å². The molecule has 2 N–H and O–H groups in total. The van der Waals surface area contributed by atoms with Gasteiger partial charge in [0.1, 0.15) is 5.82 Å². The Morgan fingerprint density at radius 2 is 2.18 bits per heavy atom. The molecule has 0 unspecified atom stereocenters. The Morgan fingerprint density at radius 1 is 1.41 bits per heavy atom. The molecule has 0 radical (unpaired) electrons. The molecule has 0 bridgehead atoms. The first-order chi connectivity index (χ1) is 8.11. The number of nitrogens with zero attached hydrogens (tertiary/aromatic N) is 2. The molecule has 0 amide bonds. The van der Waals surface area contributed by atoms with Crippen molar-refractivity contribution in [3.8, 4) is 17.1 Å². The second-order valence-corrected chi connectivity index (χ2v) is 4.44. The molecule has 0 spiro atoms. The summed E-state index contributed by atoms with van der Waals surface area (Å²) in [5, 5.41) is 0. The van der Waals surface area contributed by atoms with Crippen molar-refractivity contribution in [2.24, 2.45) is 0 Å². The van der Waals surface area contributed by atoms with Gasteiger partial charge < -0.3 is 10.5 Å². The topological polar surface area (TPSA) is 61.0 Å². The van der Waals surface area contributed by atoms with Gasteiger partial charge in [0, 0.05) is 11.8 Å². The quantitative estimate of drug-likeness (QED) is 0.850. The summed E-state index contributed by atoms with van der Waals surface area (Å²) in [6.45, 7) is 0. The van der Waals surface area contributed by atoms with Crippen LogP contribution >= 0.6 is 22.6 Å². The van der Waals surface area contributed by atoms with Crippen LogP contribution in [0, 0.1) is 9.39 Å². The molecule has 1 heterocycles. The van der Waals surface area contributed by atoms with E-state index in [0.717, 1.165) is 3.57 Å². The Morgan fingerprint density at radius 3 is 2.76 bits per heavy atom. The molecular weight excluding hydrogens is 336 g/mol. The second-order valence-electron chi connectivity index (χ2n) is 3.28. The van der Waals surface area contributed by atoms with Crippen molar-refractivity contribution in [3.63, 3.8) is 0 Å². The maximum Gasteiger partial charge on any atom is 0.165 e. The number of hydrogen-bond acceptors (Lipinski definition) is 4. The first kappa shape index (κ1) is 12.0. The van der Waals surface area contributed by atoms with E-state index in [9.17, 15) is 4.39 Å². The molecule has 88 valence electrons. The predicted octanol–water partition coefficient (Wildman–Crippen LogP) is 2.48. The number of aromatic nitrogens is 2. The zero-order chi connectivity index (χ0) is 12.4. The minimum absolute atomic E-state index is 0.187. The van der Waals surface area contributed by atoms with E-state index in [1.54, 1.807) is 12.3 Å². The summed E-state index contributed by atoms with van der Waals surface area (Å²) in [6, 6.07) is 4.53. The lowest BCUT2D eigenvalue weighted by atomic mass is 10.2. The van der Waals surface area contributed by atoms with Crippen LogP contribution in [-0.4, -0.2) is 17.1 Å². The molecule has 0 aliphatic heterocycles. The van der Waals surface area contributed by atoms with E-state index in [1.165, 1.54) is 19.2 Å². The molecule has 0 aliphatic carbocycles. The highest BCUT2D eigenvalue weighted by molar-refractivity contribution is 14.1. The maximum absolute atomic E-state index is 13.5. The average Bonchev–Trinajstić information content (AvgIpc) is 2.32. The molecular formula is C11H9FIN3O. The van der Waals surface area contributed by atoms with Gasteiger partial charge in [-0.15, -0.1) is 0 Å². The minimum atomic E-state index is -0.453. The minimum Gasteiger partial charge on any atom is -0.494 e. The van der Waals surface area contributed by atoms with E-state index in [1.807, 2.05) is 22.6 Å². The van der Waals surface area contributed by atoms with Crippen LogP contribution in [0.4, 0.5) is 10.2 Å². The van der Waals surface area contributed by atoms with E-state index in [4.69, 9.17) is 10.5 Å². The fourth-order valence-corrected chi connectivity index (χ4v) is 1.58. The summed E-state index contributed by atoms with van der Waals surface area (Å²) in [7, 11) is 1.41. The largest absolute Gasteiger partial charge is 0.494 e. The van der Waals surface area contributed by atoms with Crippen LogP contribution in [-0.2, 0) is 0 Å². The molecule has 1 aromatic heterocycles. The van der Waals surface area contributed by atoms with Crippen LogP contribution in [0.15, 0.2) is 24.4 Å². The van der Waals surface area contributed by atoms with Crippen molar-refractivity contribution in [2.75, 3.05) is 12.8 Å². The van der Waals surface area contributed by atoms with Crippen LogP contribution in [0.1, 0.15) is 0 Å². The van der Waals surface area contributed by atoms with E-state index in [2.05, 4.69) is 9.97 Å². The van der Waals surface area contributed by atoms with E-state index < -0.39 is 5.82 Å². The fourth-order valence-electron chi connectivity index (χ4n) is 1.32. The standard InChI is InChI=1S/C11H9FIN3O/c1-17-9-3-2-6(4-7(9)12)11-15-5-8(13)10(14)16-11/h2-5H,1H3,(H2,14,15,16). The first-order valence-corrected chi connectivity index (χ1v) is 5.81. The normalized spacial score (nSPS) is 10.3. The van der Waals surface area contributed by atoms with Crippen LogP contribution in [0.25, 0.3) is 11.4 Å². The third kappa shape index (κ3) is 2.46. The van der Waals surface area contributed by atoms with Crippen molar-refractivity contribution in [1.29, 1.82) is 0 Å². The highest BCUT2D eigenvalue weighted by atomic mass is 127. The number of methoxy groups -OCH3 is 1. The smallest absolute Gasteiger partial charge is 0.165 e. The summed E-state index contributed by atoms with van der Waals surface area (Å²) >= 11 is 2.03. The number of benzene rings is 1.